The van der Waals surface area contributed by atoms with Crippen molar-refractivity contribution in [3.05, 3.63) is 0 Å². The van der Waals surface area contributed by atoms with Crippen LogP contribution in [0.25, 0.3) is 0 Å². The Kier molecular flexibility index (Phi) is 5.39. The summed E-state index contributed by atoms with van der Waals surface area (Å²) in [5.74, 6) is 0.107. The highest BCUT2D eigenvalue weighted by Gasteiger charge is 2.42. The average Bonchev–Trinajstić information content (AvgIpc) is 2.79. The molecule has 6 nitrogen and oxygen atoms in total. The minimum Gasteiger partial charge on any atom is -0.444 e. The number of amides is 2. The van der Waals surface area contributed by atoms with Crippen LogP contribution < -0.4 is 0 Å². The summed E-state index contributed by atoms with van der Waals surface area (Å²) in [7, 11) is 2.98. The lowest BCUT2D eigenvalue weighted by Crippen LogP contribution is -2.47. The molecule has 20 heavy (non-hydrogen) atoms. The van der Waals surface area contributed by atoms with E-state index in [0.29, 0.717) is 18.9 Å². The Morgan fingerprint density at radius 1 is 1.35 bits per heavy atom. The predicted octanol–water partition coefficient (Wildman–Crippen LogP) is 2.04. The zero-order valence-electron chi connectivity index (χ0n) is 13.3. The van der Waals surface area contributed by atoms with Gasteiger partial charge in [0.2, 0.25) is 0 Å². The number of carbonyl (C=O) groups is 2. The van der Waals surface area contributed by atoms with E-state index in [-0.39, 0.29) is 5.91 Å². The van der Waals surface area contributed by atoms with Crippen molar-refractivity contribution in [2.45, 2.75) is 52.2 Å². The molecule has 2 atom stereocenters. The number of likely N-dealkylation sites (tertiary alicyclic amines) is 1. The van der Waals surface area contributed by atoms with Gasteiger partial charge in [0.05, 0.1) is 7.11 Å². The molecule has 0 saturated carbocycles. The number of rotatable bonds is 3. The van der Waals surface area contributed by atoms with Gasteiger partial charge in [0.15, 0.2) is 0 Å². The average molecular weight is 286 g/mol. The quantitative estimate of drug-likeness (QED) is 0.745. The second-order valence-electron chi connectivity index (χ2n) is 6.18. The maximum Gasteiger partial charge on any atom is 0.410 e. The molecule has 1 heterocycles. The van der Waals surface area contributed by atoms with Gasteiger partial charge in [0.25, 0.3) is 5.91 Å². The van der Waals surface area contributed by atoms with Gasteiger partial charge in [-0.1, -0.05) is 13.3 Å². The molecule has 0 aromatic carbocycles. The summed E-state index contributed by atoms with van der Waals surface area (Å²) in [4.78, 5) is 31.0. The van der Waals surface area contributed by atoms with E-state index in [1.165, 1.54) is 17.1 Å². The lowest BCUT2D eigenvalue weighted by molar-refractivity contribution is -0.173. The van der Waals surface area contributed by atoms with Gasteiger partial charge in [-0.2, -0.15) is 0 Å². The summed E-state index contributed by atoms with van der Waals surface area (Å²) < 4.78 is 5.38. The molecule has 0 unspecified atom stereocenters. The zero-order chi connectivity index (χ0) is 15.5. The fourth-order valence-corrected chi connectivity index (χ4v) is 2.27. The van der Waals surface area contributed by atoms with Crippen LogP contribution >= 0.6 is 0 Å². The van der Waals surface area contributed by atoms with Crippen molar-refractivity contribution >= 4 is 12.0 Å². The highest BCUT2D eigenvalue weighted by molar-refractivity contribution is 5.85. The second-order valence-corrected chi connectivity index (χ2v) is 6.18. The molecule has 0 spiro atoms. The molecule has 1 rings (SSSR count). The molecule has 0 bridgehead atoms. The van der Waals surface area contributed by atoms with E-state index in [1.807, 2.05) is 20.8 Å². The molecule has 0 aromatic rings. The van der Waals surface area contributed by atoms with Gasteiger partial charge in [-0.25, -0.2) is 9.86 Å². The lowest BCUT2D eigenvalue weighted by Gasteiger charge is -2.29. The first-order chi connectivity index (χ1) is 9.19. The van der Waals surface area contributed by atoms with Crippen LogP contribution in [0.2, 0.25) is 0 Å². The molecule has 2 amide bonds. The van der Waals surface area contributed by atoms with E-state index in [9.17, 15) is 9.59 Å². The molecule has 0 N–H and O–H groups in total. The zero-order valence-corrected chi connectivity index (χ0v) is 13.3. The number of ether oxygens (including phenoxy) is 1. The van der Waals surface area contributed by atoms with E-state index < -0.39 is 17.7 Å². The van der Waals surface area contributed by atoms with Gasteiger partial charge in [0.1, 0.15) is 11.6 Å². The van der Waals surface area contributed by atoms with Crippen LogP contribution in [0.5, 0.6) is 0 Å². The fraction of sp³-hybridized carbons (Fsp3) is 0.857. The van der Waals surface area contributed by atoms with E-state index in [2.05, 4.69) is 6.92 Å². The summed E-state index contributed by atoms with van der Waals surface area (Å²) in [5.41, 5.74) is -0.567. The number of hydrogen-bond donors (Lipinski definition) is 0. The summed E-state index contributed by atoms with van der Waals surface area (Å²) in [6, 6.07) is -0.500. The molecule has 116 valence electrons. The van der Waals surface area contributed by atoms with Crippen molar-refractivity contribution in [3.8, 4) is 0 Å². The van der Waals surface area contributed by atoms with Crippen molar-refractivity contribution in [2.75, 3.05) is 20.7 Å². The Hall–Kier alpha value is -1.30. The molecular formula is C14H26N2O4. The van der Waals surface area contributed by atoms with Crippen molar-refractivity contribution < 1.29 is 19.2 Å². The van der Waals surface area contributed by atoms with Crippen LogP contribution in [0.3, 0.4) is 0 Å². The highest BCUT2D eigenvalue weighted by atomic mass is 16.7. The molecular weight excluding hydrogens is 260 g/mol. The third-order valence-corrected chi connectivity index (χ3v) is 3.46. The number of nitrogens with zero attached hydrogens (tertiary/aromatic N) is 2. The van der Waals surface area contributed by atoms with Crippen molar-refractivity contribution in [1.29, 1.82) is 0 Å². The molecule has 1 aliphatic heterocycles. The highest BCUT2D eigenvalue weighted by Crippen LogP contribution is 2.28. The van der Waals surface area contributed by atoms with Gasteiger partial charge < -0.3 is 4.74 Å². The summed E-state index contributed by atoms with van der Waals surface area (Å²) >= 11 is 0. The van der Waals surface area contributed by atoms with Crippen LogP contribution in [0.15, 0.2) is 0 Å². The van der Waals surface area contributed by atoms with Crippen molar-refractivity contribution in [2.24, 2.45) is 5.92 Å². The number of likely N-dealkylation sites (N-methyl/N-ethyl adjacent to an activating group) is 1. The van der Waals surface area contributed by atoms with Crippen LogP contribution in [0.4, 0.5) is 4.79 Å². The van der Waals surface area contributed by atoms with Gasteiger partial charge in [-0.05, 0) is 33.1 Å². The minimum absolute atomic E-state index is 0.214. The SMILES string of the molecule is CC[C@@H]1C[C@@H](C(=O)N(C)OC)N(C(=O)OC(C)(C)C)C1. The first kappa shape index (κ1) is 16.8. The third-order valence-electron chi connectivity index (χ3n) is 3.46. The summed E-state index contributed by atoms with van der Waals surface area (Å²) in [5, 5.41) is 1.17. The molecule has 1 aliphatic rings. The van der Waals surface area contributed by atoms with Crippen LogP contribution in [0.1, 0.15) is 40.5 Å². The monoisotopic (exact) mass is 286 g/mol. The number of hydrogen-bond acceptors (Lipinski definition) is 4. The first-order valence-electron chi connectivity index (χ1n) is 7.00. The number of hydroxylamine groups is 2. The topological polar surface area (TPSA) is 59.1 Å². The summed E-state index contributed by atoms with van der Waals surface area (Å²) in [6.45, 7) is 8.06. The Morgan fingerprint density at radius 2 is 1.95 bits per heavy atom. The maximum absolute atomic E-state index is 12.3. The fourth-order valence-electron chi connectivity index (χ4n) is 2.27. The molecule has 0 aromatic heterocycles. The van der Waals surface area contributed by atoms with Crippen molar-refractivity contribution in [1.82, 2.24) is 9.96 Å². The van der Waals surface area contributed by atoms with E-state index in [4.69, 9.17) is 9.57 Å². The Balaban J connectivity index is 2.84. The van der Waals surface area contributed by atoms with E-state index >= 15 is 0 Å². The van der Waals surface area contributed by atoms with Gasteiger partial charge >= 0.3 is 6.09 Å². The molecule has 0 aliphatic carbocycles. The van der Waals surface area contributed by atoms with Crippen LogP contribution in [-0.2, 0) is 14.4 Å². The molecule has 6 heteroatoms. The maximum atomic E-state index is 12.3. The van der Waals surface area contributed by atoms with Gasteiger partial charge in [0, 0.05) is 13.6 Å². The smallest absolute Gasteiger partial charge is 0.410 e. The second kappa shape index (κ2) is 6.43. The minimum atomic E-state index is -0.567. The van der Waals surface area contributed by atoms with Crippen LogP contribution in [-0.4, -0.2) is 54.3 Å². The van der Waals surface area contributed by atoms with E-state index in [1.54, 1.807) is 7.05 Å². The van der Waals surface area contributed by atoms with Crippen LogP contribution in [0, 0.1) is 5.92 Å². The Bertz CT molecular complexity index is 365. The van der Waals surface area contributed by atoms with Gasteiger partial charge in [-0.15, -0.1) is 0 Å². The largest absolute Gasteiger partial charge is 0.444 e. The Morgan fingerprint density at radius 3 is 2.40 bits per heavy atom. The normalized spacial score (nSPS) is 22.8. The third kappa shape index (κ3) is 4.10. The van der Waals surface area contributed by atoms with Crippen molar-refractivity contribution in [3.63, 3.8) is 0 Å². The Labute approximate surface area is 121 Å². The molecule has 0 radical (unpaired) electrons. The first-order valence-corrected chi connectivity index (χ1v) is 7.00. The molecule has 1 saturated heterocycles. The van der Waals surface area contributed by atoms with E-state index in [0.717, 1.165) is 6.42 Å². The predicted molar refractivity (Wildman–Crippen MR) is 74.9 cm³/mol. The molecule has 1 fully saturated rings. The summed E-state index contributed by atoms with van der Waals surface area (Å²) in [6.07, 6.45) is 1.15. The number of carbonyl (C=O) groups excluding carboxylic acids is 2. The lowest BCUT2D eigenvalue weighted by atomic mass is 10.0. The standard InChI is InChI=1S/C14H26N2O4/c1-7-10-8-11(12(17)15(5)19-6)16(9-10)13(18)20-14(2,3)4/h10-11H,7-9H2,1-6H3/t10-,11+/m1/s1. The van der Waals surface area contributed by atoms with Gasteiger partial charge in [-0.3, -0.25) is 14.5 Å².